The number of nitrogens with zero attached hydrogens (tertiary/aromatic N) is 1. The molecule has 1 saturated heterocycles. The van der Waals surface area contributed by atoms with E-state index in [1.54, 1.807) is 0 Å². The molecule has 1 aliphatic heterocycles. The molecule has 1 N–H and O–H groups in total. The van der Waals surface area contributed by atoms with Crippen LogP contribution in [0.15, 0.2) is 60.7 Å². The van der Waals surface area contributed by atoms with Crippen LogP contribution in [0.3, 0.4) is 0 Å². The fourth-order valence-corrected chi connectivity index (χ4v) is 3.43. The van der Waals surface area contributed by atoms with Crippen molar-refractivity contribution in [2.45, 2.75) is 18.9 Å². The summed E-state index contributed by atoms with van der Waals surface area (Å²) in [6.45, 7) is 2.55. The number of para-hydroxylation sites is 1. The first-order valence-electron chi connectivity index (χ1n) is 8.16. The molecular formula is C20H20N2O. The first-order valence-corrected chi connectivity index (χ1v) is 8.16. The number of carbonyl (C=O) groups excluding carboxylic acids is 1. The van der Waals surface area contributed by atoms with Gasteiger partial charge in [0, 0.05) is 37.3 Å². The largest absolute Gasteiger partial charge is 0.358 e. The van der Waals surface area contributed by atoms with Crippen molar-refractivity contribution < 1.29 is 4.79 Å². The Hall–Kier alpha value is -2.39. The number of likely N-dealkylation sites (tertiary alicyclic amines) is 1. The first-order chi connectivity index (χ1) is 11.3. The van der Waals surface area contributed by atoms with Gasteiger partial charge in [-0.2, -0.15) is 0 Å². The SMILES string of the molecule is O=C1CCN(Cc2ccccc2)CC1c1cc2ccccc2[nH]1. The third kappa shape index (κ3) is 2.92. The number of carbonyl (C=O) groups is 1. The lowest BCUT2D eigenvalue weighted by Crippen LogP contribution is -2.39. The third-order valence-corrected chi connectivity index (χ3v) is 4.68. The van der Waals surface area contributed by atoms with Gasteiger partial charge in [0.15, 0.2) is 0 Å². The van der Waals surface area contributed by atoms with Gasteiger partial charge in [-0.15, -0.1) is 0 Å². The molecule has 116 valence electrons. The van der Waals surface area contributed by atoms with Crippen LogP contribution in [0, 0.1) is 0 Å². The highest BCUT2D eigenvalue weighted by atomic mass is 16.1. The van der Waals surface area contributed by atoms with E-state index in [0.29, 0.717) is 12.2 Å². The number of hydrogen-bond acceptors (Lipinski definition) is 2. The van der Waals surface area contributed by atoms with E-state index in [0.717, 1.165) is 30.8 Å². The predicted octanol–water partition coefficient (Wildman–Crippen LogP) is 3.73. The molecule has 2 heterocycles. The molecule has 1 aliphatic rings. The molecule has 1 aromatic heterocycles. The maximum Gasteiger partial charge on any atom is 0.144 e. The van der Waals surface area contributed by atoms with E-state index in [1.165, 1.54) is 10.9 Å². The topological polar surface area (TPSA) is 36.1 Å². The Labute approximate surface area is 135 Å². The molecular weight excluding hydrogens is 284 g/mol. The zero-order valence-corrected chi connectivity index (χ0v) is 13.0. The highest BCUT2D eigenvalue weighted by Crippen LogP contribution is 2.27. The van der Waals surface area contributed by atoms with Gasteiger partial charge in [-0.3, -0.25) is 9.69 Å². The van der Waals surface area contributed by atoms with Crippen LogP contribution in [0.4, 0.5) is 0 Å². The fourth-order valence-electron chi connectivity index (χ4n) is 3.43. The van der Waals surface area contributed by atoms with Crippen molar-refractivity contribution in [1.82, 2.24) is 9.88 Å². The molecule has 4 rings (SSSR count). The van der Waals surface area contributed by atoms with Gasteiger partial charge >= 0.3 is 0 Å². The summed E-state index contributed by atoms with van der Waals surface area (Å²) in [7, 11) is 0. The highest BCUT2D eigenvalue weighted by Gasteiger charge is 2.29. The van der Waals surface area contributed by atoms with Gasteiger partial charge in [0.05, 0.1) is 5.92 Å². The van der Waals surface area contributed by atoms with Crippen molar-refractivity contribution in [3.8, 4) is 0 Å². The van der Waals surface area contributed by atoms with Crippen molar-refractivity contribution in [1.29, 1.82) is 0 Å². The van der Waals surface area contributed by atoms with E-state index in [9.17, 15) is 4.79 Å². The molecule has 0 bridgehead atoms. The predicted molar refractivity (Wildman–Crippen MR) is 92.4 cm³/mol. The minimum absolute atomic E-state index is 0.0418. The summed E-state index contributed by atoms with van der Waals surface area (Å²) in [5, 5.41) is 1.18. The summed E-state index contributed by atoms with van der Waals surface area (Å²) in [6, 6.07) is 20.8. The van der Waals surface area contributed by atoms with E-state index in [-0.39, 0.29) is 5.92 Å². The quantitative estimate of drug-likeness (QED) is 0.800. The highest BCUT2D eigenvalue weighted by molar-refractivity contribution is 5.89. The summed E-state index contributed by atoms with van der Waals surface area (Å²) in [5.74, 6) is 0.306. The average Bonchev–Trinajstić information content (AvgIpc) is 3.01. The molecule has 0 aliphatic carbocycles. The minimum atomic E-state index is -0.0418. The van der Waals surface area contributed by atoms with Gasteiger partial charge in [0.2, 0.25) is 0 Å². The fraction of sp³-hybridized carbons (Fsp3) is 0.250. The van der Waals surface area contributed by atoms with Crippen molar-refractivity contribution in [3.63, 3.8) is 0 Å². The number of nitrogens with one attached hydrogen (secondary N) is 1. The van der Waals surface area contributed by atoms with Crippen molar-refractivity contribution in [2.75, 3.05) is 13.1 Å². The molecule has 2 aromatic carbocycles. The Morgan fingerprint density at radius 2 is 1.83 bits per heavy atom. The lowest BCUT2D eigenvalue weighted by atomic mass is 9.93. The number of hydrogen-bond donors (Lipinski definition) is 1. The first kappa shape index (κ1) is 14.2. The summed E-state index contributed by atoms with van der Waals surface area (Å²) in [4.78, 5) is 18.2. The average molecular weight is 304 g/mol. The molecule has 1 unspecified atom stereocenters. The lowest BCUT2D eigenvalue weighted by Gasteiger charge is -2.31. The number of ketones is 1. The second kappa shape index (κ2) is 6.01. The van der Waals surface area contributed by atoms with Gasteiger partial charge in [-0.25, -0.2) is 0 Å². The maximum atomic E-state index is 12.4. The minimum Gasteiger partial charge on any atom is -0.358 e. The Bertz CT molecular complexity index is 789. The Balaban J connectivity index is 1.56. The molecule has 3 heteroatoms. The maximum absolute atomic E-state index is 12.4. The Morgan fingerprint density at radius 1 is 1.04 bits per heavy atom. The molecule has 1 fully saturated rings. The van der Waals surface area contributed by atoms with Crippen molar-refractivity contribution >= 4 is 16.7 Å². The summed E-state index contributed by atoms with van der Waals surface area (Å²) in [6.07, 6.45) is 0.632. The summed E-state index contributed by atoms with van der Waals surface area (Å²) < 4.78 is 0. The van der Waals surface area contributed by atoms with Crippen LogP contribution in [-0.4, -0.2) is 28.8 Å². The van der Waals surface area contributed by atoms with E-state index in [1.807, 2.05) is 18.2 Å². The van der Waals surface area contributed by atoms with E-state index >= 15 is 0 Å². The second-order valence-corrected chi connectivity index (χ2v) is 6.30. The Morgan fingerprint density at radius 3 is 2.65 bits per heavy atom. The van der Waals surface area contributed by atoms with Gasteiger partial charge in [-0.1, -0.05) is 48.5 Å². The molecule has 0 radical (unpaired) electrons. The van der Waals surface area contributed by atoms with E-state index in [2.05, 4.69) is 52.3 Å². The van der Waals surface area contributed by atoms with Gasteiger partial charge in [-0.05, 0) is 23.1 Å². The van der Waals surface area contributed by atoms with Crippen LogP contribution in [0.5, 0.6) is 0 Å². The summed E-state index contributed by atoms with van der Waals surface area (Å²) >= 11 is 0. The number of aromatic nitrogens is 1. The van der Waals surface area contributed by atoms with Gasteiger partial charge in [0.25, 0.3) is 0 Å². The van der Waals surface area contributed by atoms with Crippen molar-refractivity contribution in [2.24, 2.45) is 0 Å². The second-order valence-electron chi connectivity index (χ2n) is 6.30. The number of benzene rings is 2. The lowest BCUT2D eigenvalue weighted by molar-refractivity contribution is -0.123. The summed E-state index contributed by atoms with van der Waals surface area (Å²) in [5.41, 5.74) is 3.46. The van der Waals surface area contributed by atoms with Crippen LogP contribution in [0.25, 0.3) is 10.9 Å². The zero-order chi connectivity index (χ0) is 15.6. The van der Waals surface area contributed by atoms with Crippen LogP contribution in [-0.2, 0) is 11.3 Å². The standard InChI is InChI=1S/C20H20N2O/c23-20-10-11-22(13-15-6-2-1-3-7-15)14-17(20)19-12-16-8-4-5-9-18(16)21-19/h1-9,12,17,21H,10-11,13-14H2. The number of H-pyrrole nitrogens is 1. The molecule has 0 amide bonds. The number of piperidine rings is 1. The Kier molecular flexibility index (Phi) is 3.72. The number of fused-ring (bicyclic) bond motifs is 1. The number of rotatable bonds is 3. The number of Topliss-reactive ketones (excluding diaryl/α,β-unsaturated/α-hetero) is 1. The van der Waals surface area contributed by atoms with Crippen molar-refractivity contribution in [3.05, 3.63) is 71.9 Å². The molecule has 3 aromatic rings. The van der Waals surface area contributed by atoms with E-state index < -0.39 is 0 Å². The van der Waals surface area contributed by atoms with Gasteiger partial charge < -0.3 is 4.98 Å². The van der Waals surface area contributed by atoms with E-state index in [4.69, 9.17) is 0 Å². The molecule has 3 nitrogen and oxygen atoms in total. The number of aromatic amines is 1. The normalized spacial score (nSPS) is 19.3. The smallest absolute Gasteiger partial charge is 0.144 e. The van der Waals surface area contributed by atoms with Crippen LogP contribution >= 0.6 is 0 Å². The van der Waals surface area contributed by atoms with Crippen LogP contribution < -0.4 is 0 Å². The molecule has 0 spiro atoms. The third-order valence-electron chi connectivity index (χ3n) is 4.68. The van der Waals surface area contributed by atoms with Crippen LogP contribution in [0.1, 0.15) is 23.6 Å². The molecule has 23 heavy (non-hydrogen) atoms. The van der Waals surface area contributed by atoms with Gasteiger partial charge in [0.1, 0.15) is 5.78 Å². The monoisotopic (exact) mass is 304 g/mol. The molecule has 0 saturated carbocycles. The molecule has 1 atom stereocenters. The van der Waals surface area contributed by atoms with Crippen LogP contribution in [0.2, 0.25) is 0 Å². The zero-order valence-electron chi connectivity index (χ0n) is 13.0.